The molecule has 3 aromatic carbocycles. The van der Waals surface area contributed by atoms with Crippen LogP contribution in [0.1, 0.15) is 206 Å². The van der Waals surface area contributed by atoms with Crippen LogP contribution in [0.2, 0.25) is 0 Å². The van der Waals surface area contributed by atoms with E-state index < -0.39 is 85.8 Å². The Morgan fingerprint density at radius 1 is 0.534 bits per heavy atom. The molecule has 23 nitrogen and oxygen atoms in total. The van der Waals surface area contributed by atoms with Crippen molar-refractivity contribution < 1.29 is 47.4 Å². The molecule has 11 aromatic rings. The topological polar surface area (TPSA) is 307 Å². The SMILES string of the molecule is C=S1(=O)CC[C@H](c2ncn(-c3nccc([C@@]45CC[C@@H](c6cc(-c7c(F)cccc7F)nnc64)C5(C)C)n3)n2)C1.CC1(C)[C@H]2CC[C@]1(c1cccc(-c3cnc(NS(=O)(=O)C4CC4)nc3)n1)c1nnc(-c3c(F)cccc3F)cc12.CCS(=O)(=O)[C@@H](C)C1=NN=C(c2cccc([C@@]34CC[C@@H](c5cc(-c6c(F)cccc6F)nnc53)C4(C)C)n2)C1. The maximum absolute atomic E-state index is 14.6. The Bertz CT molecular complexity index is 6370. The van der Waals surface area contributed by atoms with E-state index in [0.29, 0.717) is 70.9 Å². The molecule has 4 saturated carbocycles. The second-order valence-corrected chi connectivity index (χ2v) is 41.3. The first-order valence-corrected chi connectivity index (χ1v) is 44.8. The van der Waals surface area contributed by atoms with Gasteiger partial charge in [0.1, 0.15) is 41.2 Å². The molecule has 0 amide bonds. The van der Waals surface area contributed by atoms with Crippen LogP contribution in [-0.2, 0) is 45.6 Å². The fourth-order valence-corrected chi connectivity index (χ4v) is 24.8. The van der Waals surface area contributed by atoms with Gasteiger partial charge in [-0.3, -0.25) is 18.9 Å². The molecule has 32 heteroatoms. The molecule has 20 rings (SSSR count). The Kier molecular flexibility index (Phi) is 18.7. The van der Waals surface area contributed by atoms with E-state index in [2.05, 4.69) is 118 Å². The third kappa shape index (κ3) is 12.2. The van der Waals surface area contributed by atoms with E-state index >= 15 is 0 Å². The minimum Gasteiger partial charge on any atom is -0.268 e. The molecular weight excluding hydrogens is 1580 g/mol. The molecule has 8 aromatic heterocycles. The van der Waals surface area contributed by atoms with E-state index in [1.165, 1.54) is 54.6 Å². The highest BCUT2D eigenvalue weighted by molar-refractivity contribution is 8.00. The van der Waals surface area contributed by atoms with Gasteiger partial charge in [-0.1, -0.05) is 78.8 Å². The average molecular weight is 1660 g/mol. The molecule has 9 aliphatic rings. The summed E-state index contributed by atoms with van der Waals surface area (Å²) < 4.78 is 153. The number of fused-ring (bicyclic) bond motifs is 15. The molecule has 2 aliphatic heterocycles. The van der Waals surface area contributed by atoms with Crippen molar-refractivity contribution in [2.45, 2.75) is 170 Å². The lowest BCUT2D eigenvalue weighted by Crippen LogP contribution is -2.38. The standard InChI is InChI=1S/C29H26F2N6O2S.C29H29F2N5O2S.C28H27F2N7OS/c1-28(2)19-11-12-29(28,26-18(19)13-23(35-36-26)25-20(30)5-3-6-21(25)31)24-8-4-7-22(34-24)16-14-32-27(33-15-16)37-40(38,39)17-9-10-17;1-5-39(37,38)16(2)22-15-23(34-33-22)21-10-7-11-25(32-21)29-13-12-18(28(29,3)4)17-14-24(35-36-27(17)29)26-19(30)8-6-9-20(26)31;1-27(2)18-7-10-28(27,24-17(18)13-21(34-35-24)23-19(29)5-4-6-20(23)30)22-8-11-31-26(33-22)37-15-32-25(36-37)16-9-12-39(3,38)14-16/h3-8,13-15,17,19H,9-12H2,1-2H3,(H,32,33,37);6-11,14,16,18H,5,12-13,15H2,1-4H3;4-6,8,11,13,15-16,18H,3,7,9-10,12,14H2,1-2H3/t19-,29-;16-,18-,29-;16-,18-,28-,39?/m000/s1. The van der Waals surface area contributed by atoms with Gasteiger partial charge in [-0.25, -0.2) is 68.1 Å². The monoisotopic (exact) mass is 1660 g/mol. The largest absolute Gasteiger partial charge is 0.268 e. The number of rotatable bonds is 16. The Morgan fingerprint density at radius 2 is 0.975 bits per heavy atom. The summed E-state index contributed by atoms with van der Waals surface area (Å²) >= 11 is 0. The average Bonchev–Trinajstić information content (AvgIpc) is 1.52. The zero-order valence-electron chi connectivity index (χ0n) is 65.8. The van der Waals surface area contributed by atoms with Crippen LogP contribution in [0.15, 0.2) is 150 Å². The number of benzene rings is 3. The second-order valence-electron chi connectivity index (χ2n) is 34.0. The highest BCUT2D eigenvalue weighted by atomic mass is 32.2. The van der Waals surface area contributed by atoms with Crippen molar-refractivity contribution in [2.75, 3.05) is 22.0 Å². The summed E-state index contributed by atoms with van der Waals surface area (Å²) in [6.07, 6.45) is 13.9. The number of halogens is 6. The number of sulfonamides is 1. The number of nitrogens with zero attached hydrogens (tertiary/aromatic N) is 17. The summed E-state index contributed by atoms with van der Waals surface area (Å²) in [5.74, 6) is 2.40. The van der Waals surface area contributed by atoms with E-state index in [1.54, 1.807) is 61.6 Å². The molecule has 606 valence electrons. The van der Waals surface area contributed by atoms with Gasteiger partial charge in [0.2, 0.25) is 16.0 Å². The van der Waals surface area contributed by atoms with Gasteiger partial charge in [0.15, 0.2) is 15.7 Å². The lowest BCUT2D eigenvalue weighted by molar-refractivity contribution is 0.242. The van der Waals surface area contributed by atoms with Gasteiger partial charge >= 0.3 is 0 Å². The number of aromatic nitrogens is 15. The number of hydrogen-bond donors (Lipinski definition) is 1. The predicted octanol–water partition coefficient (Wildman–Crippen LogP) is 15.0. The second kappa shape index (κ2) is 28.2. The maximum Gasteiger partial charge on any atom is 0.252 e. The van der Waals surface area contributed by atoms with E-state index in [4.69, 9.17) is 15.0 Å². The van der Waals surface area contributed by atoms with Crippen LogP contribution < -0.4 is 4.72 Å². The van der Waals surface area contributed by atoms with Gasteiger partial charge in [0, 0.05) is 53.8 Å². The van der Waals surface area contributed by atoms with Crippen LogP contribution in [0.25, 0.3) is 51.0 Å². The number of hydrogen-bond acceptors (Lipinski definition) is 21. The lowest BCUT2D eigenvalue weighted by atomic mass is 9.66. The van der Waals surface area contributed by atoms with Gasteiger partial charge in [0.05, 0.1) is 117 Å². The normalized spacial score (nSPS) is 25.1. The predicted molar refractivity (Wildman–Crippen MR) is 434 cm³/mol. The first-order valence-electron chi connectivity index (χ1n) is 39.4. The summed E-state index contributed by atoms with van der Waals surface area (Å²) in [5.41, 5.74) is 8.41. The van der Waals surface area contributed by atoms with Gasteiger partial charge in [0.25, 0.3) is 5.95 Å². The van der Waals surface area contributed by atoms with E-state index in [9.17, 15) is 47.4 Å². The molecule has 1 saturated heterocycles. The van der Waals surface area contributed by atoms with Crippen LogP contribution in [0.4, 0.5) is 32.3 Å². The van der Waals surface area contributed by atoms with E-state index in [0.717, 1.165) is 95.8 Å². The van der Waals surface area contributed by atoms with Crippen molar-refractivity contribution in [1.29, 1.82) is 0 Å². The van der Waals surface area contributed by atoms with Crippen LogP contribution in [0.5, 0.6) is 0 Å². The third-order valence-corrected chi connectivity index (χ3v) is 33.1. The van der Waals surface area contributed by atoms with Gasteiger partial charge < -0.3 is 0 Å². The molecule has 1 unspecified atom stereocenters. The van der Waals surface area contributed by atoms with Crippen LogP contribution in [0, 0.1) is 51.1 Å². The first kappa shape index (κ1) is 78.3. The molecule has 118 heavy (non-hydrogen) atoms. The summed E-state index contributed by atoms with van der Waals surface area (Å²) in [4.78, 5) is 32.4. The molecule has 0 radical (unpaired) electrons. The molecule has 7 aliphatic carbocycles. The molecule has 1 N–H and O–H groups in total. The molecule has 0 spiro atoms. The number of pyridine rings is 2. The number of anilines is 1. The van der Waals surface area contributed by atoms with Gasteiger partial charge in [-0.05, 0) is 216 Å². The molecule has 10 heterocycles. The zero-order chi connectivity index (χ0) is 82.8. The smallest absolute Gasteiger partial charge is 0.252 e. The van der Waals surface area contributed by atoms with E-state index in [-0.39, 0.29) is 90.6 Å². The van der Waals surface area contributed by atoms with Crippen molar-refractivity contribution in [3.05, 3.63) is 237 Å². The fourth-order valence-electron chi connectivity index (χ4n) is 20.6. The van der Waals surface area contributed by atoms with Crippen molar-refractivity contribution >= 4 is 52.6 Å². The summed E-state index contributed by atoms with van der Waals surface area (Å²) in [6.45, 7) is 16.4. The molecular formula is C86H82F6N18O5S3. The molecule has 5 fully saturated rings. The van der Waals surface area contributed by atoms with Crippen molar-refractivity contribution in [2.24, 2.45) is 26.4 Å². The highest BCUT2D eigenvalue weighted by Crippen LogP contribution is 2.72. The minimum absolute atomic E-state index is 0.0121. The fraction of sp³-hybridized carbons (Fsp3) is 0.384. The Labute approximate surface area is 678 Å². The van der Waals surface area contributed by atoms with E-state index in [1.807, 2.05) is 42.5 Å². The third-order valence-electron chi connectivity index (χ3n) is 27.2. The van der Waals surface area contributed by atoms with Crippen molar-refractivity contribution in [3.8, 4) is 51.0 Å². The zero-order valence-corrected chi connectivity index (χ0v) is 68.2. The quantitative estimate of drug-likeness (QED) is 0.0694. The van der Waals surface area contributed by atoms with Gasteiger partial charge in [-0.15, -0.1) is 20.4 Å². The Hall–Kier alpha value is -10.9. The summed E-state index contributed by atoms with van der Waals surface area (Å²) in [7, 11) is -8.80. The maximum atomic E-state index is 14.6. The van der Waals surface area contributed by atoms with Crippen LogP contribution in [0.3, 0.4) is 0 Å². The number of sulfone groups is 1. The van der Waals surface area contributed by atoms with Crippen molar-refractivity contribution in [3.63, 3.8) is 0 Å². The van der Waals surface area contributed by atoms with Gasteiger partial charge in [-0.2, -0.15) is 30.2 Å². The van der Waals surface area contributed by atoms with Crippen LogP contribution in [-0.4, -0.2) is 141 Å². The lowest BCUT2D eigenvalue weighted by Gasteiger charge is -2.37. The summed E-state index contributed by atoms with van der Waals surface area (Å²) in [5, 5.41) is 38.8. The molecule has 9 atom stereocenters. The molecule has 6 bridgehead atoms. The van der Waals surface area contributed by atoms with Crippen LogP contribution >= 0.6 is 0 Å². The minimum atomic E-state index is -3.45. The Balaban J connectivity index is 0.000000122. The first-order chi connectivity index (χ1) is 56.2. The van der Waals surface area contributed by atoms with Crippen molar-refractivity contribution in [1.82, 2.24) is 75.3 Å². The summed E-state index contributed by atoms with van der Waals surface area (Å²) in [6, 6.07) is 30.2. The number of nitrogens with one attached hydrogen (secondary N) is 1. The Morgan fingerprint density at radius 3 is 1.42 bits per heavy atom. The highest BCUT2D eigenvalue weighted by Gasteiger charge is 2.68.